The van der Waals surface area contributed by atoms with Crippen molar-refractivity contribution in [2.24, 2.45) is 5.41 Å². The molecule has 0 saturated heterocycles. The zero-order valence-electron chi connectivity index (χ0n) is 22.0. The van der Waals surface area contributed by atoms with Crippen molar-refractivity contribution in [2.75, 3.05) is 31.7 Å². The average Bonchev–Trinajstić information content (AvgIpc) is 3.08. The zero-order chi connectivity index (χ0) is 27.9. The molecule has 11 heteroatoms. The van der Waals surface area contributed by atoms with E-state index in [1.807, 2.05) is 23.7 Å². The minimum Gasteiger partial charge on any atom is -0.377 e. The summed E-state index contributed by atoms with van der Waals surface area (Å²) in [6.07, 6.45) is 5.28. The SMILES string of the molecule is CN(C)CC[C@H](CSc1ccc(F)cc1)Nc1c(F)cc(S(=O)(=O)NC(=O)C2(C)CCCCCC2)cc1F. The summed E-state index contributed by atoms with van der Waals surface area (Å²) in [6, 6.07) is 7.05. The fourth-order valence-corrected chi connectivity index (χ4v) is 6.52. The zero-order valence-corrected chi connectivity index (χ0v) is 23.7. The fraction of sp³-hybridized carbons (Fsp3) is 0.519. The molecule has 1 saturated carbocycles. The number of nitrogens with zero attached hydrogens (tertiary/aromatic N) is 1. The highest BCUT2D eigenvalue weighted by atomic mass is 32.2. The number of sulfonamides is 1. The van der Waals surface area contributed by atoms with E-state index < -0.39 is 43.6 Å². The Morgan fingerprint density at radius 3 is 2.16 bits per heavy atom. The van der Waals surface area contributed by atoms with Gasteiger partial charge in [0.1, 0.15) is 11.5 Å². The van der Waals surface area contributed by atoms with Crippen molar-refractivity contribution in [3.05, 3.63) is 53.8 Å². The average molecular weight is 572 g/mol. The van der Waals surface area contributed by atoms with E-state index in [-0.39, 0.29) is 11.9 Å². The molecular weight excluding hydrogens is 535 g/mol. The Labute approximate surface area is 227 Å². The van der Waals surface area contributed by atoms with Gasteiger partial charge in [-0.15, -0.1) is 11.8 Å². The topological polar surface area (TPSA) is 78.5 Å². The first kappa shape index (κ1) is 30.3. The maximum Gasteiger partial charge on any atom is 0.264 e. The van der Waals surface area contributed by atoms with Gasteiger partial charge in [-0.25, -0.2) is 26.3 Å². The van der Waals surface area contributed by atoms with E-state index >= 15 is 8.78 Å². The number of halogens is 3. The van der Waals surface area contributed by atoms with E-state index in [4.69, 9.17) is 0 Å². The van der Waals surface area contributed by atoms with E-state index in [0.717, 1.165) is 42.7 Å². The predicted octanol–water partition coefficient (Wildman–Crippen LogP) is 5.79. The lowest BCUT2D eigenvalue weighted by molar-refractivity contribution is -0.129. The molecule has 0 radical (unpaired) electrons. The van der Waals surface area contributed by atoms with E-state index in [9.17, 15) is 17.6 Å². The molecule has 2 N–H and O–H groups in total. The maximum absolute atomic E-state index is 15.1. The lowest BCUT2D eigenvalue weighted by Crippen LogP contribution is -2.42. The molecule has 0 spiro atoms. The van der Waals surface area contributed by atoms with Crippen LogP contribution in [0.2, 0.25) is 0 Å². The van der Waals surface area contributed by atoms with Crippen LogP contribution in [0.4, 0.5) is 18.9 Å². The van der Waals surface area contributed by atoms with Gasteiger partial charge in [0.25, 0.3) is 10.0 Å². The van der Waals surface area contributed by atoms with Gasteiger partial charge in [-0.3, -0.25) is 4.79 Å². The molecule has 2 aromatic carbocycles. The molecular formula is C27H36F3N3O3S2. The number of thioether (sulfide) groups is 1. The Bertz CT molecular complexity index is 1180. The van der Waals surface area contributed by atoms with Gasteiger partial charge in [0.05, 0.1) is 4.90 Å². The van der Waals surface area contributed by atoms with Crippen molar-refractivity contribution in [1.82, 2.24) is 9.62 Å². The van der Waals surface area contributed by atoms with Gasteiger partial charge in [0, 0.05) is 22.1 Å². The standard InChI is InChI=1S/C27H36F3N3O3S2/c1-27(13-6-4-5-7-14-27)26(34)32-38(35,36)22-16-23(29)25(24(30)17-22)31-20(12-15-33(2)3)18-37-21-10-8-19(28)9-11-21/h8-11,16-17,20,31H,4-7,12-15,18H2,1-3H3,(H,32,34)/t20-/m1/s1. The van der Waals surface area contributed by atoms with Crippen LogP contribution in [0.3, 0.4) is 0 Å². The van der Waals surface area contributed by atoms with Crippen LogP contribution in [-0.4, -0.2) is 51.7 Å². The normalized spacial score (nSPS) is 16.6. The van der Waals surface area contributed by atoms with Gasteiger partial charge in [0.15, 0.2) is 11.6 Å². The Morgan fingerprint density at radius 2 is 1.61 bits per heavy atom. The van der Waals surface area contributed by atoms with Crippen molar-refractivity contribution >= 4 is 33.4 Å². The van der Waals surface area contributed by atoms with Crippen LogP contribution < -0.4 is 10.0 Å². The highest BCUT2D eigenvalue weighted by molar-refractivity contribution is 7.99. The predicted molar refractivity (Wildman–Crippen MR) is 145 cm³/mol. The third-order valence-electron chi connectivity index (χ3n) is 6.85. The number of hydrogen-bond acceptors (Lipinski definition) is 6. The van der Waals surface area contributed by atoms with Gasteiger partial charge in [-0.2, -0.15) is 0 Å². The first-order chi connectivity index (χ1) is 17.9. The molecule has 0 aromatic heterocycles. The van der Waals surface area contributed by atoms with Gasteiger partial charge in [-0.1, -0.05) is 32.6 Å². The quantitative estimate of drug-likeness (QED) is 0.263. The summed E-state index contributed by atoms with van der Waals surface area (Å²) in [4.78, 5) is 15.0. The molecule has 210 valence electrons. The second kappa shape index (κ2) is 13.2. The minimum atomic E-state index is -4.47. The van der Waals surface area contributed by atoms with Crippen LogP contribution in [0.15, 0.2) is 46.2 Å². The van der Waals surface area contributed by atoms with Crippen molar-refractivity contribution in [2.45, 2.75) is 67.7 Å². The lowest BCUT2D eigenvalue weighted by atomic mass is 9.82. The molecule has 1 aliphatic carbocycles. The van der Waals surface area contributed by atoms with Gasteiger partial charge in [-0.05, 0) is 76.3 Å². The monoisotopic (exact) mass is 571 g/mol. The van der Waals surface area contributed by atoms with Crippen LogP contribution in [0.1, 0.15) is 51.9 Å². The molecule has 1 aliphatic rings. The van der Waals surface area contributed by atoms with Gasteiger partial charge < -0.3 is 10.2 Å². The summed E-state index contributed by atoms with van der Waals surface area (Å²) in [5, 5.41) is 2.88. The summed E-state index contributed by atoms with van der Waals surface area (Å²) < 4.78 is 71.2. The number of nitrogens with one attached hydrogen (secondary N) is 2. The molecule has 6 nitrogen and oxygen atoms in total. The molecule has 1 amide bonds. The highest BCUT2D eigenvalue weighted by Gasteiger charge is 2.36. The van der Waals surface area contributed by atoms with E-state index in [1.54, 1.807) is 19.1 Å². The number of benzene rings is 2. The van der Waals surface area contributed by atoms with Gasteiger partial charge >= 0.3 is 0 Å². The van der Waals surface area contributed by atoms with E-state index in [1.165, 1.54) is 23.9 Å². The number of carbonyl (C=O) groups is 1. The third-order valence-corrected chi connectivity index (χ3v) is 9.33. The summed E-state index contributed by atoms with van der Waals surface area (Å²) >= 11 is 1.41. The summed E-state index contributed by atoms with van der Waals surface area (Å²) in [6.45, 7) is 2.37. The van der Waals surface area contributed by atoms with Crippen LogP contribution in [-0.2, 0) is 14.8 Å². The molecule has 0 bridgehead atoms. The Hall–Kier alpha value is -2.24. The number of amides is 1. The Morgan fingerprint density at radius 1 is 1.03 bits per heavy atom. The summed E-state index contributed by atoms with van der Waals surface area (Å²) in [5.74, 6) is -2.70. The largest absolute Gasteiger partial charge is 0.377 e. The highest BCUT2D eigenvalue weighted by Crippen LogP contribution is 2.35. The minimum absolute atomic E-state index is 0.352. The van der Waals surface area contributed by atoms with Crippen molar-refractivity contribution in [3.63, 3.8) is 0 Å². The number of anilines is 1. The number of hydrogen-bond donors (Lipinski definition) is 2. The van der Waals surface area contributed by atoms with Gasteiger partial charge in [0.2, 0.25) is 5.91 Å². The van der Waals surface area contributed by atoms with Crippen molar-refractivity contribution < 1.29 is 26.4 Å². The maximum atomic E-state index is 15.1. The van der Waals surface area contributed by atoms with Crippen molar-refractivity contribution in [1.29, 1.82) is 0 Å². The third kappa shape index (κ3) is 8.38. The molecule has 0 aliphatic heterocycles. The summed E-state index contributed by atoms with van der Waals surface area (Å²) in [7, 11) is -0.702. The molecule has 0 unspecified atom stereocenters. The van der Waals surface area contributed by atoms with E-state index in [2.05, 4.69) is 5.32 Å². The van der Waals surface area contributed by atoms with Crippen LogP contribution >= 0.6 is 11.8 Å². The molecule has 2 aromatic rings. The lowest BCUT2D eigenvalue weighted by Gasteiger charge is -2.26. The second-order valence-electron chi connectivity index (χ2n) is 10.4. The molecule has 1 fully saturated rings. The summed E-state index contributed by atoms with van der Waals surface area (Å²) in [5.41, 5.74) is -1.28. The Kier molecular flexibility index (Phi) is 10.5. The second-order valence-corrected chi connectivity index (χ2v) is 13.1. The molecule has 0 heterocycles. The van der Waals surface area contributed by atoms with Crippen molar-refractivity contribution in [3.8, 4) is 0 Å². The first-order valence-electron chi connectivity index (χ1n) is 12.8. The number of rotatable bonds is 11. The fourth-order valence-electron chi connectivity index (χ4n) is 4.43. The molecule has 3 rings (SSSR count). The molecule has 1 atom stereocenters. The van der Waals surface area contributed by atoms with Crippen LogP contribution in [0.5, 0.6) is 0 Å². The number of carbonyl (C=O) groups excluding carboxylic acids is 1. The smallest absolute Gasteiger partial charge is 0.264 e. The molecule has 38 heavy (non-hydrogen) atoms. The Balaban J connectivity index is 1.76. The first-order valence-corrected chi connectivity index (χ1v) is 15.2. The van der Waals surface area contributed by atoms with Crippen LogP contribution in [0, 0.1) is 22.9 Å². The van der Waals surface area contributed by atoms with E-state index in [0.29, 0.717) is 31.6 Å². The van der Waals surface area contributed by atoms with Crippen LogP contribution in [0.25, 0.3) is 0 Å².